The van der Waals surface area contributed by atoms with Gasteiger partial charge < -0.3 is 54.7 Å². The van der Waals surface area contributed by atoms with Gasteiger partial charge in [-0.15, -0.1) is 0 Å². The Morgan fingerprint density at radius 1 is 1.08 bits per heavy atom. The van der Waals surface area contributed by atoms with Crippen molar-refractivity contribution in [3.8, 4) is 0 Å². The predicted molar refractivity (Wildman–Crippen MR) is 172 cm³/mol. The zero-order valence-electron chi connectivity index (χ0n) is 28.9. The van der Waals surface area contributed by atoms with Crippen molar-refractivity contribution in [1.82, 2.24) is 0 Å². The number of fused-ring (bicyclic) bond motifs is 5. The van der Waals surface area contributed by atoms with Gasteiger partial charge in [-0.3, -0.25) is 9.59 Å². The van der Waals surface area contributed by atoms with Crippen LogP contribution < -0.4 is 0 Å². The molecule has 6 aliphatic rings. The number of hydrogen-bond donors (Lipinski definition) is 7. The van der Waals surface area contributed by atoms with E-state index in [4.69, 9.17) is 18.9 Å². The van der Waals surface area contributed by atoms with Crippen LogP contribution in [-0.2, 0) is 33.3 Å². The highest BCUT2D eigenvalue weighted by molar-refractivity contribution is 5.98. The number of allylic oxidation sites excluding steroid dienone is 4. The third kappa shape index (κ3) is 5.20. The fraction of sp³-hybridized carbons (Fsp3) is 0.750. The van der Waals surface area contributed by atoms with Crippen molar-refractivity contribution in [1.29, 1.82) is 0 Å². The lowest BCUT2D eigenvalue weighted by Gasteiger charge is -2.63. The minimum Gasteiger partial charge on any atom is -0.465 e. The van der Waals surface area contributed by atoms with Gasteiger partial charge in [0.2, 0.25) is 0 Å². The summed E-state index contributed by atoms with van der Waals surface area (Å²) in [6, 6.07) is 0. The van der Waals surface area contributed by atoms with E-state index in [0.29, 0.717) is 24.8 Å². The molecule has 13 atom stereocenters. The minimum atomic E-state index is -2.17. The van der Waals surface area contributed by atoms with Crippen LogP contribution in [0.1, 0.15) is 72.6 Å². The number of cyclic esters (lactones) is 1. The maximum atomic E-state index is 13.5. The summed E-state index contributed by atoms with van der Waals surface area (Å²) in [6.07, 6.45) is -2.00. The Labute approximate surface area is 290 Å². The highest BCUT2D eigenvalue weighted by Crippen LogP contribution is 2.70. The van der Waals surface area contributed by atoms with Crippen molar-refractivity contribution in [2.75, 3.05) is 19.8 Å². The molecule has 0 aromatic heterocycles. The molecule has 0 spiro atoms. The Morgan fingerprint density at radius 2 is 1.80 bits per heavy atom. The van der Waals surface area contributed by atoms with Crippen LogP contribution in [0.2, 0.25) is 0 Å². The summed E-state index contributed by atoms with van der Waals surface area (Å²) in [7, 11) is 0. The molecule has 3 fully saturated rings. The number of aliphatic hydroxyl groups is 7. The third-order valence-corrected chi connectivity index (χ3v) is 13.3. The first-order valence-electron chi connectivity index (χ1n) is 17.4. The fourth-order valence-electron chi connectivity index (χ4n) is 10.2. The van der Waals surface area contributed by atoms with E-state index >= 15 is 0 Å². The summed E-state index contributed by atoms with van der Waals surface area (Å²) in [4.78, 5) is 39.1. The van der Waals surface area contributed by atoms with Gasteiger partial charge in [0.1, 0.15) is 48.3 Å². The SMILES string of the molecule is CC(=O)OC[C@]12CC[C@H]3[C@@H](CC=C4CC=CC(=O)[C@@]43C)[C@]1(O)CC[C@]2(O)[C@@](C)(O)[C@H]1CC(C)=C(CO[C@@H]2O[C@H](CO)[C@@H](O)[C@H](O)[C@H]2O)C(=O)O1. The summed E-state index contributed by atoms with van der Waals surface area (Å²) in [6.45, 7) is 4.62. The van der Waals surface area contributed by atoms with Gasteiger partial charge in [0.05, 0.1) is 35.2 Å². The molecule has 50 heavy (non-hydrogen) atoms. The maximum absolute atomic E-state index is 13.5. The summed E-state index contributed by atoms with van der Waals surface area (Å²) < 4.78 is 22.3. The summed E-state index contributed by atoms with van der Waals surface area (Å²) in [5.41, 5.74) is -6.88. The third-order valence-electron chi connectivity index (χ3n) is 13.3. The lowest BCUT2D eigenvalue weighted by atomic mass is 9.44. The van der Waals surface area contributed by atoms with Crippen LogP contribution in [-0.4, -0.2) is 127 Å². The topological polar surface area (TPSA) is 230 Å². The molecule has 4 aliphatic carbocycles. The molecule has 0 bridgehead atoms. The van der Waals surface area contributed by atoms with Gasteiger partial charge in [-0.05, 0) is 77.2 Å². The zero-order chi connectivity index (χ0) is 36.6. The standard InChI is InChI=1S/C36H50O14/c1-18-14-26(50-30(43)21(18)16-47-31-29(42)28(41)27(40)24(15-37)49-31)33(4,44)36(46)13-12-35(45)23-9-8-20-6-5-7-25(39)32(20,3)22(23)10-11-34(35,36)17-48-19(2)38/h5,7-8,22-24,26-29,31,37,40-42,44-46H,6,9-17H2,1-4H3/t22-,23+,24+,26+,27+,28-,29+,31+,32-,33-,34+,35+,36-/m0/s1. The lowest BCUT2D eigenvalue weighted by molar-refractivity contribution is -0.300. The van der Waals surface area contributed by atoms with Gasteiger partial charge >= 0.3 is 11.9 Å². The Morgan fingerprint density at radius 3 is 2.46 bits per heavy atom. The molecule has 0 aromatic rings. The van der Waals surface area contributed by atoms with Gasteiger partial charge in [0.25, 0.3) is 0 Å². The van der Waals surface area contributed by atoms with Gasteiger partial charge in [-0.25, -0.2) is 4.79 Å². The maximum Gasteiger partial charge on any atom is 0.336 e. The van der Waals surface area contributed by atoms with Crippen molar-refractivity contribution in [2.45, 2.75) is 126 Å². The largest absolute Gasteiger partial charge is 0.465 e. The first-order chi connectivity index (χ1) is 23.4. The molecule has 0 unspecified atom stereocenters. The average Bonchev–Trinajstić information content (AvgIpc) is 3.32. The van der Waals surface area contributed by atoms with E-state index in [0.717, 1.165) is 5.57 Å². The van der Waals surface area contributed by atoms with Crippen LogP contribution in [0, 0.1) is 22.7 Å². The molecule has 14 heteroatoms. The molecule has 14 nitrogen and oxygen atoms in total. The van der Waals surface area contributed by atoms with Gasteiger partial charge in [-0.1, -0.05) is 23.3 Å². The Hall–Kier alpha value is -2.53. The number of aliphatic hydroxyl groups excluding tert-OH is 4. The first kappa shape index (κ1) is 37.2. The predicted octanol–water partition coefficient (Wildman–Crippen LogP) is -0.117. The second-order valence-electron chi connectivity index (χ2n) is 15.5. The molecule has 6 rings (SSSR count). The van der Waals surface area contributed by atoms with Gasteiger partial charge in [-0.2, -0.15) is 0 Å². The zero-order valence-corrected chi connectivity index (χ0v) is 28.9. The highest BCUT2D eigenvalue weighted by atomic mass is 16.7. The molecule has 278 valence electrons. The smallest absolute Gasteiger partial charge is 0.336 e. The number of esters is 2. The van der Waals surface area contributed by atoms with Crippen LogP contribution in [0.15, 0.2) is 34.9 Å². The van der Waals surface area contributed by atoms with Crippen LogP contribution in [0.5, 0.6) is 0 Å². The Balaban J connectivity index is 1.28. The number of ketones is 1. The van der Waals surface area contributed by atoms with E-state index in [2.05, 4.69) is 0 Å². The normalized spacial score (nSPS) is 45.5. The number of carbonyl (C=O) groups excluding carboxylic acids is 3. The minimum absolute atomic E-state index is 0.0382. The van der Waals surface area contributed by atoms with E-state index in [9.17, 15) is 50.1 Å². The fourth-order valence-corrected chi connectivity index (χ4v) is 10.2. The quantitative estimate of drug-likeness (QED) is 0.129. The summed E-state index contributed by atoms with van der Waals surface area (Å²) in [5, 5.41) is 78.1. The molecule has 2 saturated carbocycles. The van der Waals surface area contributed by atoms with Crippen molar-refractivity contribution in [3.05, 3.63) is 34.9 Å². The molecule has 0 radical (unpaired) electrons. The van der Waals surface area contributed by atoms with E-state index in [-0.39, 0.29) is 43.0 Å². The molecule has 0 amide bonds. The van der Waals surface area contributed by atoms with Crippen molar-refractivity contribution in [3.63, 3.8) is 0 Å². The number of ether oxygens (including phenoxy) is 4. The molecule has 7 N–H and O–H groups in total. The van der Waals surface area contributed by atoms with Gasteiger partial charge in [0, 0.05) is 13.3 Å². The van der Waals surface area contributed by atoms with Crippen LogP contribution in [0.4, 0.5) is 0 Å². The highest BCUT2D eigenvalue weighted by Gasteiger charge is 2.78. The first-order valence-corrected chi connectivity index (χ1v) is 17.4. The van der Waals surface area contributed by atoms with Crippen LogP contribution >= 0.6 is 0 Å². The Bertz CT molecular complexity index is 1500. The van der Waals surface area contributed by atoms with Crippen molar-refractivity contribution < 1.29 is 69.1 Å². The van der Waals surface area contributed by atoms with Gasteiger partial charge in [0.15, 0.2) is 12.1 Å². The molecular formula is C36H50O14. The van der Waals surface area contributed by atoms with Crippen molar-refractivity contribution in [2.24, 2.45) is 22.7 Å². The van der Waals surface area contributed by atoms with Crippen LogP contribution in [0.3, 0.4) is 0 Å². The van der Waals surface area contributed by atoms with Crippen molar-refractivity contribution >= 4 is 17.7 Å². The summed E-state index contributed by atoms with van der Waals surface area (Å²) >= 11 is 0. The molecule has 2 aliphatic heterocycles. The second-order valence-corrected chi connectivity index (χ2v) is 15.5. The van der Waals surface area contributed by atoms with E-state index in [1.54, 1.807) is 13.0 Å². The van der Waals surface area contributed by atoms with Crippen LogP contribution in [0.25, 0.3) is 0 Å². The monoisotopic (exact) mass is 706 g/mol. The molecular weight excluding hydrogens is 656 g/mol. The summed E-state index contributed by atoms with van der Waals surface area (Å²) in [5.74, 6) is -2.30. The second kappa shape index (κ2) is 12.8. The molecule has 1 saturated heterocycles. The number of rotatable bonds is 8. The lowest BCUT2D eigenvalue weighted by Crippen LogP contribution is -2.74. The Kier molecular flexibility index (Phi) is 9.57. The number of carbonyl (C=O) groups is 3. The number of hydrogen-bond acceptors (Lipinski definition) is 14. The average molecular weight is 707 g/mol. The molecule has 2 heterocycles. The molecule has 0 aromatic carbocycles. The van der Waals surface area contributed by atoms with E-state index < -0.39 is 102 Å². The van der Waals surface area contributed by atoms with E-state index in [1.165, 1.54) is 13.8 Å². The van der Waals surface area contributed by atoms with E-state index in [1.807, 2.05) is 19.1 Å².